The number of pyridine rings is 1. The predicted octanol–water partition coefficient (Wildman–Crippen LogP) is 3.13. The summed E-state index contributed by atoms with van der Waals surface area (Å²) in [7, 11) is 0. The summed E-state index contributed by atoms with van der Waals surface area (Å²) in [4.78, 5) is 15.8. The molecule has 6 heteroatoms. The average Bonchev–Trinajstić information content (AvgIpc) is 2.80. The maximum Gasteiger partial charge on any atom is 0.163 e. The molecule has 0 spiro atoms. The van der Waals surface area contributed by atoms with Gasteiger partial charge in [-0.15, -0.1) is 11.3 Å². The molecule has 114 valence electrons. The van der Waals surface area contributed by atoms with Gasteiger partial charge in [0.25, 0.3) is 0 Å². The van der Waals surface area contributed by atoms with Gasteiger partial charge in [-0.05, 0) is 38.5 Å². The average molecular weight is 313 g/mol. The predicted molar refractivity (Wildman–Crippen MR) is 92.3 cm³/mol. The standard InChI is InChI=1S/C16H19N5S/c1-9(17)8-19-15-13-10(2)11(3)22-16(13)21-14(20-15)12-4-6-18-7-5-12/h4-7,9H,8,17H2,1-3H3,(H,19,20,21)/t9-/m1/s1. The fourth-order valence-electron chi connectivity index (χ4n) is 2.27. The highest BCUT2D eigenvalue weighted by atomic mass is 32.1. The van der Waals surface area contributed by atoms with Crippen molar-refractivity contribution < 1.29 is 0 Å². The Balaban J connectivity index is 2.16. The van der Waals surface area contributed by atoms with Crippen molar-refractivity contribution in [2.75, 3.05) is 11.9 Å². The van der Waals surface area contributed by atoms with Crippen LogP contribution in [0.5, 0.6) is 0 Å². The van der Waals surface area contributed by atoms with E-state index < -0.39 is 0 Å². The molecule has 3 aromatic heterocycles. The lowest BCUT2D eigenvalue weighted by Gasteiger charge is -2.11. The van der Waals surface area contributed by atoms with E-state index in [0.29, 0.717) is 12.4 Å². The van der Waals surface area contributed by atoms with Gasteiger partial charge < -0.3 is 11.1 Å². The first-order valence-electron chi connectivity index (χ1n) is 7.24. The number of aryl methyl sites for hydroxylation is 2. The van der Waals surface area contributed by atoms with Crippen LogP contribution in [0, 0.1) is 13.8 Å². The van der Waals surface area contributed by atoms with Crippen LogP contribution in [0.1, 0.15) is 17.4 Å². The van der Waals surface area contributed by atoms with Crippen LogP contribution < -0.4 is 11.1 Å². The smallest absolute Gasteiger partial charge is 0.163 e. The first-order valence-corrected chi connectivity index (χ1v) is 8.05. The van der Waals surface area contributed by atoms with Crippen LogP contribution in [0.25, 0.3) is 21.6 Å². The van der Waals surface area contributed by atoms with Crippen molar-refractivity contribution in [3.63, 3.8) is 0 Å². The second-order valence-electron chi connectivity index (χ2n) is 5.45. The lowest BCUT2D eigenvalue weighted by molar-refractivity contribution is 0.778. The van der Waals surface area contributed by atoms with Crippen LogP contribution in [0.2, 0.25) is 0 Å². The fraction of sp³-hybridized carbons (Fsp3) is 0.312. The molecule has 0 aromatic carbocycles. The van der Waals surface area contributed by atoms with E-state index in [1.165, 1.54) is 10.4 Å². The van der Waals surface area contributed by atoms with Gasteiger partial charge in [0, 0.05) is 35.4 Å². The Morgan fingerprint density at radius 2 is 1.95 bits per heavy atom. The quantitative estimate of drug-likeness (QED) is 0.774. The van der Waals surface area contributed by atoms with E-state index in [0.717, 1.165) is 21.6 Å². The fourth-order valence-corrected chi connectivity index (χ4v) is 3.29. The van der Waals surface area contributed by atoms with Gasteiger partial charge in [-0.25, -0.2) is 9.97 Å². The van der Waals surface area contributed by atoms with E-state index >= 15 is 0 Å². The van der Waals surface area contributed by atoms with E-state index in [9.17, 15) is 0 Å². The van der Waals surface area contributed by atoms with Crippen molar-refractivity contribution >= 4 is 27.4 Å². The zero-order valence-corrected chi connectivity index (χ0v) is 13.7. The summed E-state index contributed by atoms with van der Waals surface area (Å²) < 4.78 is 0. The minimum Gasteiger partial charge on any atom is -0.368 e. The molecule has 0 bridgehead atoms. The summed E-state index contributed by atoms with van der Waals surface area (Å²) in [5.74, 6) is 1.57. The molecule has 0 saturated carbocycles. The highest BCUT2D eigenvalue weighted by Gasteiger charge is 2.15. The molecule has 0 saturated heterocycles. The third kappa shape index (κ3) is 2.80. The number of nitrogens with zero attached hydrogens (tertiary/aromatic N) is 3. The van der Waals surface area contributed by atoms with Gasteiger partial charge in [-0.2, -0.15) is 0 Å². The topological polar surface area (TPSA) is 76.7 Å². The molecule has 3 aromatic rings. The Labute approximate surface area is 133 Å². The Kier molecular flexibility index (Phi) is 4.04. The second kappa shape index (κ2) is 5.98. The Morgan fingerprint density at radius 3 is 2.64 bits per heavy atom. The number of anilines is 1. The molecule has 0 unspecified atom stereocenters. The molecule has 0 aliphatic carbocycles. The van der Waals surface area contributed by atoms with Gasteiger partial charge in [0.2, 0.25) is 0 Å². The van der Waals surface area contributed by atoms with E-state index in [-0.39, 0.29) is 6.04 Å². The SMILES string of the molecule is Cc1sc2nc(-c3ccncc3)nc(NC[C@@H](C)N)c2c1C. The molecule has 0 amide bonds. The number of aromatic nitrogens is 3. The number of fused-ring (bicyclic) bond motifs is 1. The molecule has 0 aliphatic rings. The van der Waals surface area contributed by atoms with Crippen molar-refractivity contribution in [2.45, 2.75) is 26.8 Å². The molecule has 5 nitrogen and oxygen atoms in total. The minimum atomic E-state index is 0.0643. The van der Waals surface area contributed by atoms with Crippen LogP contribution in [0.15, 0.2) is 24.5 Å². The van der Waals surface area contributed by atoms with Crippen LogP contribution in [-0.4, -0.2) is 27.5 Å². The first kappa shape index (κ1) is 14.9. The zero-order valence-electron chi connectivity index (χ0n) is 12.9. The van der Waals surface area contributed by atoms with Gasteiger partial charge in [0.1, 0.15) is 10.6 Å². The van der Waals surface area contributed by atoms with Crippen molar-refractivity contribution in [2.24, 2.45) is 5.73 Å². The molecule has 0 aliphatic heterocycles. The van der Waals surface area contributed by atoms with Gasteiger partial charge >= 0.3 is 0 Å². The zero-order chi connectivity index (χ0) is 15.7. The molecule has 0 radical (unpaired) electrons. The molecular weight excluding hydrogens is 294 g/mol. The number of nitrogens with two attached hydrogens (primary N) is 1. The first-order chi connectivity index (χ1) is 10.6. The number of nitrogens with one attached hydrogen (secondary N) is 1. The van der Waals surface area contributed by atoms with E-state index in [1.54, 1.807) is 23.7 Å². The van der Waals surface area contributed by atoms with Gasteiger partial charge in [0.05, 0.1) is 5.39 Å². The molecule has 0 fully saturated rings. The summed E-state index contributed by atoms with van der Waals surface area (Å²) in [6.07, 6.45) is 3.51. The van der Waals surface area contributed by atoms with E-state index in [2.05, 4.69) is 24.1 Å². The molecule has 3 N–H and O–H groups in total. The van der Waals surface area contributed by atoms with Gasteiger partial charge in [-0.3, -0.25) is 4.98 Å². The lowest BCUT2D eigenvalue weighted by atomic mass is 10.2. The van der Waals surface area contributed by atoms with Crippen LogP contribution in [-0.2, 0) is 0 Å². The second-order valence-corrected chi connectivity index (χ2v) is 6.66. The third-order valence-electron chi connectivity index (χ3n) is 3.56. The van der Waals surface area contributed by atoms with Crippen LogP contribution in [0.4, 0.5) is 5.82 Å². The highest BCUT2D eigenvalue weighted by Crippen LogP contribution is 2.34. The molecular formula is C16H19N5S. The molecule has 1 atom stereocenters. The summed E-state index contributed by atoms with van der Waals surface area (Å²) in [5.41, 5.74) is 8.06. The largest absolute Gasteiger partial charge is 0.368 e. The van der Waals surface area contributed by atoms with Crippen molar-refractivity contribution in [3.8, 4) is 11.4 Å². The summed E-state index contributed by atoms with van der Waals surface area (Å²) in [6.45, 7) is 6.88. The Hall–Kier alpha value is -2.05. The van der Waals surface area contributed by atoms with E-state index in [4.69, 9.17) is 15.7 Å². The molecule has 3 rings (SSSR count). The third-order valence-corrected chi connectivity index (χ3v) is 4.66. The van der Waals surface area contributed by atoms with Crippen LogP contribution >= 0.6 is 11.3 Å². The monoisotopic (exact) mass is 313 g/mol. The summed E-state index contributed by atoms with van der Waals surface area (Å²) >= 11 is 1.70. The maximum absolute atomic E-state index is 5.87. The number of rotatable bonds is 4. The maximum atomic E-state index is 5.87. The number of hydrogen-bond acceptors (Lipinski definition) is 6. The van der Waals surface area contributed by atoms with Gasteiger partial charge in [-0.1, -0.05) is 0 Å². The Morgan fingerprint density at radius 1 is 1.23 bits per heavy atom. The highest BCUT2D eigenvalue weighted by molar-refractivity contribution is 7.18. The van der Waals surface area contributed by atoms with E-state index in [1.807, 2.05) is 19.1 Å². The summed E-state index contributed by atoms with van der Waals surface area (Å²) in [6, 6.07) is 3.91. The molecule has 22 heavy (non-hydrogen) atoms. The minimum absolute atomic E-state index is 0.0643. The summed E-state index contributed by atoms with van der Waals surface area (Å²) in [5, 5.41) is 4.46. The lowest BCUT2D eigenvalue weighted by Crippen LogP contribution is -2.25. The Bertz CT molecular complexity index is 795. The van der Waals surface area contributed by atoms with Crippen molar-refractivity contribution in [1.82, 2.24) is 15.0 Å². The van der Waals surface area contributed by atoms with Crippen LogP contribution in [0.3, 0.4) is 0 Å². The van der Waals surface area contributed by atoms with Crippen molar-refractivity contribution in [3.05, 3.63) is 35.0 Å². The van der Waals surface area contributed by atoms with Crippen molar-refractivity contribution in [1.29, 1.82) is 0 Å². The number of thiophene rings is 1. The normalized spacial score (nSPS) is 12.5. The number of hydrogen-bond donors (Lipinski definition) is 2. The van der Waals surface area contributed by atoms with Gasteiger partial charge in [0.15, 0.2) is 5.82 Å². The molecule has 3 heterocycles.